The van der Waals surface area contributed by atoms with Gasteiger partial charge in [-0.15, -0.1) is 0 Å². The minimum atomic E-state index is -0.407. The molecule has 0 bridgehead atoms. The van der Waals surface area contributed by atoms with E-state index in [0.717, 1.165) is 15.7 Å². The van der Waals surface area contributed by atoms with Crippen molar-refractivity contribution in [3.05, 3.63) is 63.4 Å². The van der Waals surface area contributed by atoms with Crippen molar-refractivity contribution in [3.8, 4) is 11.3 Å². The Hall–Kier alpha value is -2.21. The summed E-state index contributed by atoms with van der Waals surface area (Å²) in [6, 6.07) is 10.2. The van der Waals surface area contributed by atoms with Gasteiger partial charge in [-0.3, -0.25) is 10.1 Å². The second-order valence-corrected chi connectivity index (χ2v) is 4.96. The Morgan fingerprint density at radius 1 is 1.21 bits per heavy atom. The molecule has 0 fully saturated rings. The fourth-order valence-corrected chi connectivity index (χ4v) is 2.24. The van der Waals surface area contributed by atoms with Gasteiger partial charge in [0.05, 0.1) is 10.6 Å². The van der Waals surface area contributed by atoms with Gasteiger partial charge in [-0.25, -0.2) is 4.98 Å². The van der Waals surface area contributed by atoms with Gasteiger partial charge in [-0.05, 0) is 28.1 Å². The van der Waals surface area contributed by atoms with Crippen LogP contribution in [-0.2, 0) is 0 Å². The molecule has 2 aromatic heterocycles. The van der Waals surface area contributed by atoms with Gasteiger partial charge < -0.3 is 4.40 Å². The maximum absolute atomic E-state index is 10.8. The lowest BCUT2D eigenvalue weighted by atomic mass is 10.1. The molecule has 1 aromatic carbocycles. The number of rotatable bonds is 2. The first-order valence-corrected chi connectivity index (χ1v) is 6.32. The predicted molar refractivity (Wildman–Crippen MR) is 75.0 cm³/mol. The smallest absolute Gasteiger partial charge is 0.270 e. The minimum Gasteiger partial charge on any atom is -0.305 e. The number of aromatic nitrogens is 2. The molecule has 0 unspecified atom stereocenters. The third-order valence-electron chi connectivity index (χ3n) is 2.77. The molecule has 0 atom stereocenters. The molecule has 3 rings (SSSR count). The number of pyridine rings is 1. The number of non-ortho nitro benzene ring substituents is 1. The van der Waals surface area contributed by atoms with E-state index in [1.54, 1.807) is 6.07 Å². The van der Waals surface area contributed by atoms with Crippen LogP contribution in [0.1, 0.15) is 0 Å². The molecule has 0 saturated carbocycles. The highest BCUT2D eigenvalue weighted by Crippen LogP contribution is 2.24. The Morgan fingerprint density at radius 2 is 2.05 bits per heavy atom. The Morgan fingerprint density at radius 3 is 2.84 bits per heavy atom. The molecule has 0 N–H and O–H groups in total. The Labute approximate surface area is 116 Å². The van der Waals surface area contributed by atoms with Gasteiger partial charge in [-0.1, -0.05) is 12.1 Å². The lowest BCUT2D eigenvalue weighted by Gasteiger charge is -1.95. The quantitative estimate of drug-likeness (QED) is 0.535. The van der Waals surface area contributed by atoms with Crippen molar-refractivity contribution < 1.29 is 4.92 Å². The molecule has 0 aliphatic carbocycles. The number of nitro groups is 1. The first-order valence-electron chi connectivity index (χ1n) is 5.52. The molecule has 0 radical (unpaired) electrons. The molecular weight excluding hydrogens is 310 g/mol. The molecule has 0 spiro atoms. The molecule has 6 heteroatoms. The number of hydrogen-bond acceptors (Lipinski definition) is 3. The number of nitro benzene ring substituents is 1. The number of halogens is 1. The average Bonchev–Trinajstić information content (AvgIpc) is 2.81. The molecule has 5 nitrogen and oxygen atoms in total. The summed E-state index contributed by atoms with van der Waals surface area (Å²) in [5.41, 5.74) is 2.30. The van der Waals surface area contributed by atoms with E-state index in [1.807, 2.05) is 35.0 Å². The standard InChI is InChI=1S/C13H8BrN3O2/c14-10-4-5-13-15-12(8-16(13)7-10)9-2-1-3-11(6-9)17(18)19/h1-8H. The molecule has 2 heterocycles. The first kappa shape index (κ1) is 11.9. The Kier molecular flexibility index (Phi) is 2.79. The largest absolute Gasteiger partial charge is 0.305 e. The average molecular weight is 318 g/mol. The van der Waals surface area contributed by atoms with Crippen LogP contribution in [0.5, 0.6) is 0 Å². The summed E-state index contributed by atoms with van der Waals surface area (Å²) in [7, 11) is 0. The van der Waals surface area contributed by atoms with Crippen LogP contribution in [0.4, 0.5) is 5.69 Å². The van der Waals surface area contributed by atoms with Crippen LogP contribution in [0.3, 0.4) is 0 Å². The van der Waals surface area contributed by atoms with E-state index in [-0.39, 0.29) is 5.69 Å². The van der Waals surface area contributed by atoms with E-state index in [9.17, 15) is 10.1 Å². The molecule has 0 aliphatic rings. The molecule has 0 amide bonds. The van der Waals surface area contributed by atoms with E-state index in [2.05, 4.69) is 20.9 Å². The monoisotopic (exact) mass is 317 g/mol. The second kappa shape index (κ2) is 4.47. The molecule has 0 aliphatic heterocycles. The summed E-state index contributed by atoms with van der Waals surface area (Å²) in [5, 5.41) is 10.8. The van der Waals surface area contributed by atoms with Crippen molar-refractivity contribution in [2.24, 2.45) is 0 Å². The summed E-state index contributed by atoms with van der Waals surface area (Å²) in [6.07, 6.45) is 3.74. The Bertz CT molecular complexity index is 782. The van der Waals surface area contributed by atoms with E-state index in [4.69, 9.17) is 0 Å². The van der Waals surface area contributed by atoms with Crippen LogP contribution in [-0.4, -0.2) is 14.3 Å². The van der Waals surface area contributed by atoms with E-state index >= 15 is 0 Å². The van der Waals surface area contributed by atoms with Crippen LogP contribution in [0.25, 0.3) is 16.9 Å². The zero-order valence-electron chi connectivity index (χ0n) is 9.65. The van der Waals surface area contributed by atoms with Crippen molar-refractivity contribution in [2.45, 2.75) is 0 Å². The topological polar surface area (TPSA) is 60.4 Å². The second-order valence-electron chi connectivity index (χ2n) is 4.05. The van der Waals surface area contributed by atoms with Crippen molar-refractivity contribution in [3.63, 3.8) is 0 Å². The maximum atomic E-state index is 10.8. The zero-order valence-corrected chi connectivity index (χ0v) is 11.2. The van der Waals surface area contributed by atoms with Crippen LogP contribution >= 0.6 is 15.9 Å². The Balaban J connectivity index is 2.13. The lowest BCUT2D eigenvalue weighted by molar-refractivity contribution is -0.384. The summed E-state index contributed by atoms with van der Waals surface area (Å²) < 4.78 is 2.82. The number of imidazole rings is 1. The number of benzene rings is 1. The minimum absolute atomic E-state index is 0.0655. The van der Waals surface area contributed by atoms with Gasteiger partial charge in [0.1, 0.15) is 5.65 Å². The molecule has 19 heavy (non-hydrogen) atoms. The molecule has 94 valence electrons. The van der Waals surface area contributed by atoms with Crippen molar-refractivity contribution in [1.82, 2.24) is 9.38 Å². The third-order valence-corrected chi connectivity index (χ3v) is 3.24. The van der Waals surface area contributed by atoms with Gasteiger partial charge in [0.15, 0.2) is 0 Å². The van der Waals surface area contributed by atoms with Crippen molar-refractivity contribution in [1.29, 1.82) is 0 Å². The van der Waals surface area contributed by atoms with Crippen LogP contribution in [0.15, 0.2) is 53.3 Å². The van der Waals surface area contributed by atoms with Gasteiger partial charge in [-0.2, -0.15) is 0 Å². The summed E-state index contributed by atoms with van der Waals surface area (Å²) in [6.45, 7) is 0. The third kappa shape index (κ3) is 2.22. The fraction of sp³-hybridized carbons (Fsp3) is 0. The highest BCUT2D eigenvalue weighted by Gasteiger charge is 2.09. The SMILES string of the molecule is O=[N+]([O-])c1cccc(-c2cn3cc(Br)ccc3n2)c1. The van der Waals surface area contributed by atoms with E-state index < -0.39 is 4.92 Å². The zero-order chi connectivity index (χ0) is 13.4. The lowest BCUT2D eigenvalue weighted by Crippen LogP contribution is -1.87. The highest BCUT2D eigenvalue weighted by molar-refractivity contribution is 9.10. The van der Waals surface area contributed by atoms with E-state index in [0.29, 0.717) is 5.69 Å². The van der Waals surface area contributed by atoms with Crippen LogP contribution < -0.4 is 0 Å². The summed E-state index contributed by atoms with van der Waals surface area (Å²) in [4.78, 5) is 14.8. The normalized spacial score (nSPS) is 10.8. The number of hydrogen-bond donors (Lipinski definition) is 0. The number of nitrogens with zero attached hydrogens (tertiary/aromatic N) is 3. The van der Waals surface area contributed by atoms with Crippen molar-refractivity contribution in [2.75, 3.05) is 0 Å². The highest BCUT2D eigenvalue weighted by atomic mass is 79.9. The van der Waals surface area contributed by atoms with Crippen LogP contribution in [0.2, 0.25) is 0 Å². The summed E-state index contributed by atoms with van der Waals surface area (Å²) >= 11 is 3.39. The summed E-state index contributed by atoms with van der Waals surface area (Å²) in [5.74, 6) is 0. The molecular formula is C13H8BrN3O2. The van der Waals surface area contributed by atoms with Gasteiger partial charge in [0.2, 0.25) is 0 Å². The fourth-order valence-electron chi connectivity index (χ4n) is 1.88. The number of fused-ring (bicyclic) bond motifs is 1. The van der Waals surface area contributed by atoms with Crippen LogP contribution in [0, 0.1) is 10.1 Å². The van der Waals surface area contributed by atoms with Gasteiger partial charge in [0, 0.05) is 34.6 Å². The predicted octanol–water partition coefficient (Wildman–Crippen LogP) is 3.67. The van der Waals surface area contributed by atoms with Gasteiger partial charge in [0.25, 0.3) is 5.69 Å². The van der Waals surface area contributed by atoms with Gasteiger partial charge >= 0.3 is 0 Å². The molecule has 3 aromatic rings. The van der Waals surface area contributed by atoms with E-state index in [1.165, 1.54) is 12.1 Å². The first-order chi connectivity index (χ1) is 9.13. The van der Waals surface area contributed by atoms with Crippen molar-refractivity contribution >= 4 is 27.3 Å². The maximum Gasteiger partial charge on any atom is 0.270 e. The molecule has 0 saturated heterocycles.